The van der Waals surface area contributed by atoms with Crippen LogP contribution in [0.1, 0.15) is 22.8 Å². The number of hydrogen-bond acceptors (Lipinski definition) is 3. The number of fused-ring (bicyclic) bond motifs is 1. The first-order valence-electron chi connectivity index (χ1n) is 6.28. The molecule has 3 nitrogen and oxygen atoms in total. The molecule has 0 spiro atoms. The molecule has 0 saturated carbocycles. The minimum Gasteiger partial charge on any atom is -0.294 e. The number of aryl methyl sites for hydroxylation is 1. The van der Waals surface area contributed by atoms with Crippen LogP contribution in [0.4, 0.5) is 0 Å². The van der Waals surface area contributed by atoms with E-state index in [1.807, 2.05) is 47.4 Å². The molecule has 0 fully saturated rings. The molecule has 0 unspecified atom stereocenters. The SMILES string of the molecule is CCn1cc(CC(=O)c2csc3ccccc23)cn1. The van der Waals surface area contributed by atoms with Crippen LogP contribution in [0.2, 0.25) is 0 Å². The summed E-state index contributed by atoms with van der Waals surface area (Å²) in [5, 5.41) is 7.21. The number of hydrogen-bond donors (Lipinski definition) is 0. The molecule has 0 radical (unpaired) electrons. The van der Waals surface area contributed by atoms with E-state index < -0.39 is 0 Å². The summed E-state index contributed by atoms with van der Waals surface area (Å²) in [6.07, 6.45) is 4.13. The van der Waals surface area contributed by atoms with Gasteiger partial charge in [-0.2, -0.15) is 5.10 Å². The van der Waals surface area contributed by atoms with Gasteiger partial charge in [0, 0.05) is 40.2 Å². The van der Waals surface area contributed by atoms with Crippen molar-refractivity contribution in [1.29, 1.82) is 0 Å². The zero-order valence-corrected chi connectivity index (χ0v) is 11.5. The molecule has 3 rings (SSSR count). The number of carbonyl (C=O) groups excluding carboxylic acids is 1. The maximum Gasteiger partial charge on any atom is 0.168 e. The van der Waals surface area contributed by atoms with Crippen LogP contribution in [0.25, 0.3) is 10.1 Å². The number of rotatable bonds is 4. The quantitative estimate of drug-likeness (QED) is 0.680. The van der Waals surface area contributed by atoms with E-state index >= 15 is 0 Å². The molecule has 0 N–H and O–H groups in total. The largest absolute Gasteiger partial charge is 0.294 e. The van der Waals surface area contributed by atoms with Gasteiger partial charge >= 0.3 is 0 Å². The summed E-state index contributed by atoms with van der Waals surface area (Å²) in [6, 6.07) is 8.03. The zero-order chi connectivity index (χ0) is 13.2. The topological polar surface area (TPSA) is 34.9 Å². The third kappa shape index (κ3) is 2.31. The Morgan fingerprint density at radius 2 is 2.21 bits per heavy atom. The van der Waals surface area contributed by atoms with E-state index in [1.165, 1.54) is 0 Å². The van der Waals surface area contributed by atoms with E-state index in [9.17, 15) is 4.79 Å². The first kappa shape index (κ1) is 12.1. The monoisotopic (exact) mass is 270 g/mol. The summed E-state index contributed by atoms with van der Waals surface area (Å²) in [7, 11) is 0. The third-order valence-corrected chi connectivity index (χ3v) is 4.12. The van der Waals surface area contributed by atoms with Crippen molar-refractivity contribution >= 4 is 27.2 Å². The summed E-state index contributed by atoms with van der Waals surface area (Å²) < 4.78 is 3.00. The van der Waals surface area contributed by atoms with Crippen molar-refractivity contribution in [2.75, 3.05) is 0 Å². The van der Waals surface area contributed by atoms with E-state index in [2.05, 4.69) is 5.10 Å². The van der Waals surface area contributed by atoms with Gasteiger partial charge in [0.15, 0.2) is 5.78 Å². The molecule has 0 bridgehead atoms. The average molecular weight is 270 g/mol. The lowest BCUT2D eigenvalue weighted by Gasteiger charge is -1.97. The van der Waals surface area contributed by atoms with Crippen LogP contribution in [0.5, 0.6) is 0 Å². The van der Waals surface area contributed by atoms with Gasteiger partial charge in [-0.15, -0.1) is 11.3 Å². The first-order chi connectivity index (χ1) is 9.28. The zero-order valence-electron chi connectivity index (χ0n) is 10.7. The fraction of sp³-hybridized carbons (Fsp3) is 0.200. The Morgan fingerprint density at radius 1 is 1.37 bits per heavy atom. The van der Waals surface area contributed by atoms with Crippen LogP contribution in [-0.4, -0.2) is 15.6 Å². The van der Waals surface area contributed by atoms with Gasteiger partial charge in [-0.25, -0.2) is 0 Å². The van der Waals surface area contributed by atoms with Crippen LogP contribution < -0.4 is 0 Å². The van der Waals surface area contributed by atoms with Crippen molar-refractivity contribution in [3.8, 4) is 0 Å². The molecule has 96 valence electrons. The Labute approximate surface area is 115 Å². The number of benzene rings is 1. The fourth-order valence-corrected chi connectivity index (χ4v) is 3.11. The number of nitrogens with zero attached hydrogens (tertiary/aromatic N) is 2. The van der Waals surface area contributed by atoms with Crippen LogP contribution in [0, 0.1) is 0 Å². The predicted octanol–water partition coefficient (Wildman–Crippen LogP) is 3.54. The van der Waals surface area contributed by atoms with Gasteiger partial charge in [0.1, 0.15) is 0 Å². The molecule has 2 aromatic heterocycles. The molecule has 4 heteroatoms. The van der Waals surface area contributed by atoms with E-state index in [4.69, 9.17) is 0 Å². The third-order valence-electron chi connectivity index (χ3n) is 3.16. The molecule has 0 atom stereocenters. The fourth-order valence-electron chi connectivity index (χ4n) is 2.14. The highest BCUT2D eigenvalue weighted by Crippen LogP contribution is 2.26. The van der Waals surface area contributed by atoms with Crippen molar-refractivity contribution in [1.82, 2.24) is 9.78 Å². The number of Topliss-reactive ketones (excluding diaryl/α,β-unsaturated/α-hetero) is 1. The maximum absolute atomic E-state index is 12.4. The standard InChI is InChI=1S/C15H14N2OS/c1-2-17-9-11(8-16-17)7-14(18)13-10-19-15-6-4-3-5-12(13)15/h3-6,8-10H,2,7H2,1H3. The van der Waals surface area contributed by atoms with E-state index in [0.29, 0.717) is 6.42 Å². The molecule has 2 heterocycles. The van der Waals surface area contributed by atoms with Crippen LogP contribution in [-0.2, 0) is 13.0 Å². The van der Waals surface area contributed by atoms with Gasteiger partial charge in [0.2, 0.25) is 0 Å². The normalized spacial score (nSPS) is 11.0. The highest BCUT2D eigenvalue weighted by Gasteiger charge is 2.13. The predicted molar refractivity (Wildman–Crippen MR) is 77.8 cm³/mol. The van der Waals surface area contributed by atoms with Crippen molar-refractivity contribution in [2.45, 2.75) is 19.9 Å². The summed E-state index contributed by atoms with van der Waals surface area (Å²) in [5.41, 5.74) is 1.80. The summed E-state index contributed by atoms with van der Waals surface area (Å²) in [5.74, 6) is 0.160. The van der Waals surface area contributed by atoms with E-state index in [1.54, 1.807) is 17.5 Å². The van der Waals surface area contributed by atoms with Crippen LogP contribution >= 0.6 is 11.3 Å². The Morgan fingerprint density at radius 3 is 3.00 bits per heavy atom. The van der Waals surface area contributed by atoms with Gasteiger partial charge in [-0.05, 0) is 18.6 Å². The Kier molecular flexibility index (Phi) is 3.17. The molecule has 19 heavy (non-hydrogen) atoms. The molecule has 3 aromatic rings. The Hall–Kier alpha value is -1.94. The Bertz CT molecular complexity index is 726. The number of carbonyl (C=O) groups is 1. The summed E-state index contributed by atoms with van der Waals surface area (Å²) in [6.45, 7) is 2.86. The second-order valence-electron chi connectivity index (χ2n) is 4.45. The van der Waals surface area contributed by atoms with Crippen molar-refractivity contribution in [3.63, 3.8) is 0 Å². The summed E-state index contributed by atoms with van der Waals surface area (Å²) >= 11 is 1.62. The molecular formula is C15H14N2OS. The van der Waals surface area contributed by atoms with Gasteiger partial charge in [0.25, 0.3) is 0 Å². The molecule has 0 aliphatic heterocycles. The van der Waals surface area contributed by atoms with Crippen LogP contribution in [0.3, 0.4) is 0 Å². The van der Waals surface area contributed by atoms with Crippen LogP contribution in [0.15, 0.2) is 42.0 Å². The van der Waals surface area contributed by atoms with Crippen molar-refractivity contribution in [3.05, 3.63) is 53.2 Å². The highest BCUT2D eigenvalue weighted by atomic mass is 32.1. The first-order valence-corrected chi connectivity index (χ1v) is 7.16. The Balaban J connectivity index is 1.87. The van der Waals surface area contributed by atoms with Gasteiger partial charge < -0.3 is 0 Å². The van der Waals surface area contributed by atoms with E-state index in [-0.39, 0.29) is 5.78 Å². The highest BCUT2D eigenvalue weighted by molar-refractivity contribution is 7.17. The lowest BCUT2D eigenvalue weighted by Crippen LogP contribution is -2.02. The lowest BCUT2D eigenvalue weighted by molar-refractivity contribution is 0.0995. The minimum atomic E-state index is 0.160. The number of ketones is 1. The van der Waals surface area contributed by atoms with Gasteiger partial charge in [-0.3, -0.25) is 9.48 Å². The second kappa shape index (κ2) is 4.97. The van der Waals surface area contributed by atoms with Gasteiger partial charge in [0.05, 0.1) is 6.20 Å². The van der Waals surface area contributed by atoms with E-state index in [0.717, 1.165) is 27.8 Å². The molecule has 0 amide bonds. The molecule has 0 saturated heterocycles. The minimum absolute atomic E-state index is 0.160. The molecular weight excluding hydrogens is 256 g/mol. The molecule has 0 aliphatic rings. The molecule has 0 aliphatic carbocycles. The van der Waals surface area contributed by atoms with Gasteiger partial charge in [-0.1, -0.05) is 18.2 Å². The molecule has 1 aromatic carbocycles. The van der Waals surface area contributed by atoms with Crippen molar-refractivity contribution < 1.29 is 4.79 Å². The lowest BCUT2D eigenvalue weighted by atomic mass is 10.0. The number of aromatic nitrogens is 2. The smallest absolute Gasteiger partial charge is 0.168 e. The maximum atomic E-state index is 12.4. The van der Waals surface area contributed by atoms with Crippen molar-refractivity contribution in [2.24, 2.45) is 0 Å². The summed E-state index contributed by atoms with van der Waals surface area (Å²) in [4.78, 5) is 12.4. The average Bonchev–Trinajstić information content (AvgIpc) is 3.04. The number of thiophene rings is 1. The second-order valence-corrected chi connectivity index (χ2v) is 5.36.